The summed E-state index contributed by atoms with van der Waals surface area (Å²) in [5.41, 5.74) is 4.60. The second-order valence-corrected chi connectivity index (χ2v) is 8.60. The molecule has 0 amide bonds. The molecule has 3 aromatic carbocycles. The molecule has 0 spiro atoms. The summed E-state index contributed by atoms with van der Waals surface area (Å²) in [5, 5.41) is 4.44. The lowest BCUT2D eigenvalue weighted by molar-refractivity contribution is -0.143. The molecule has 0 fully saturated rings. The van der Waals surface area contributed by atoms with E-state index in [1.54, 1.807) is 32.4 Å². The first kappa shape index (κ1) is 23.7. The Labute approximate surface area is 208 Å². The highest BCUT2D eigenvalue weighted by Crippen LogP contribution is 2.38. The number of ether oxygens (including phenoxy) is 4. The molecule has 36 heavy (non-hydrogen) atoms. The first-order valence-electron chi connectivity index (χ1n) is 11.6. The fourth-order valence-electron chi connectivity index (χ4n) is 4.75. The lowest BCUT2D eigenvalue weighted by Crippen LogP contribution is -2.45. The third-order valence-corrected chi connectivity index (χ3v) is 6.55. The normalized spacial score (nSPS) is 16.9. The average molecular weight is 491 g/mol. The molecule has 4 aromatic rings. The van der Waals surface area contributed by atoms with Crippen LogP contribution in [0.2, 0.25) is 0 Å². The van der Waals surface area contributed by atoms with Gasteiger partial charge in [0.1, 0.15) is 24.1 Å². The zero-order chi connectivity index (χ0) is 25.2. The molecule has 0 radical (unpaired) electrons. The maximum Gasteiger partial charge on any atom is 0.323 e. The topological polar surface area (TPSA) is 81.8 Å². The molecular formula is C28H27FN2O5. The maximum atomic E-state index is 14.1. The molecule has 2 atom stereocenters. The van der Waals surface area contributed by atoms with Gasteiger partial charge in [0.2, 0.25) is 0 Å². The molecule has 2 heterocycles. The predicted octanol–water partition coefficient (Wildman–Crippen LogP) is 4.68. The van der Waals surface area contributed by atoms with E-state index in [9.17, 15) is 9.18 Å². The highest BCUT2D eigenvalue weighted by molar-refractivity contribution is 5.88. The van der Waals surface area contributed by atoms with E-state index in [0.29, 0.717) is 12.2 Å². The highest BCUT2D eigenvalue weighted by atomic mass is 19.1. The number of para-hydroxylation sites is 1. The largest absolute Gasteiger partial charge is 0.497 e. The number of halogens is 1. The van der Waals surface area contributed by atoms with Crippen molar-refractivity contribution in [1.29, 1.82) is 0 Å². The molecule has 1 aliphatic heterocycles. The third kappa shape index (κ3) is 4.35. The number of aromatic nitrogens is 1. The highest BCUT2D eigenvalue weighted by Gasteiger charge is 2.35. The van der Waals surface area contributed by atoms with Crippen molar-refractivity contribution in [3.8, 4) is 17.2 Å². The summed E-state index contributed by atoms with van der Waals surface area (Å²) < 4.78 is 35.9. The average Bonchev–Trinajstić information content (AvgIpc) is 3.29. The van der Waals surface area contributed by atoms with Gasteiger partial charge in [0.15, 0.2) is 11.6 Å². The molecule has 7 nitrogen and oxygen atoms in total. The molecule has 5 rings (SSSR count). The molecule has 0 saturated carbocycles. The fraction of sp³-hybridized carbons (Fsp3) is 0.250. The Morgan fingerprint density at radius 3 is 2.58 bits per heavy atom. The molecule has 186 valence electrons. The molecule has 1 aromatic heterocycles. The number of hydrogen-bond acceptors (Lipinski definition) is 6. The van der Waals surface area contributed by atoms with Crippen LogP contribution in [-0.4, -0.2) is 38.3 Å². The quantitative estimate of drug-likeness (QED) is 0.366. The summed E-state index contributed by atoms with van der Waals surface area (Å²) in [4.78, 5) is 16.1. The van der Waals surface area contributed by atoms with Crippen LogP contribution in [0, 0.1) is 5.82 Å². The molecule has 0 aliphatic carbocycles. The van der Waals surface area contributed by atoms with Crippen molar-refractivity contribution < 1.29 is 28.1 Å². The van der Waals surface area contributed by atoms with Crippen LogP contribution in [0.15, 0.2) is 60.7 Å². The number of carbonyl (C=O) groups excluding carboxylic acids is 1. The van der Waals surface area contributed by atoms with Gasteiger partial charge in [-0.2, -0.15) is 0 Å². The van der Waals surface area contributed by atoms with Crippen molar-refractivity contribution in [2.75, 3.05) is 21.3 Å². The molecule has 1 aliphatic rings. The van der Waals surface area contributed by atoms with Crippen LogP contribution >= 0.6 is 0 Å². The van der Waals surface area contributed by atoms with E-state index in [0.717, 1.165) is 39.0 Å². The number of nitrogens with one attached hydrogen (secondary N) is 2. The summed E-state index contributed by atoms with van der Waals surface area (Å²) in [7, 11) is 4.60. The summed E-state index contributed by atoms with van der Waals surface area (Å²) >= 11 is 0. The number of rotatable bonds is 7. The van der Waals surface area contributed by atoms with Gasteiger partial charge in [-0.15, -0.1) is 0 Å². The Kier molecular flexibility index (Phi) is 6.52. The Hall–Kier alpha value is -4.04. The van der Waals surface area contributed by atoms with Gasteiger partial charge in [-0.1, -0.05) is 18.2 Å². The first-order chi connectivity index (χ1) is 17.5. The van der Waals surface area contributed by atoms with Gasteiger partial charge in [0, 0.05) is 28.6 Å². The van der Waals surface area contributed by atoms with E-state index in [-0.39, 0.29) is 24.4 Å². The molecule has 2 N–H and O–H groups in total. The van der Waals surface area contributed by atoms with Gasteiger partial charge < -0.3 is 23.9 Å². The number of fused-ring (bicyclic) bond motifs is 3. The van der Waals surface area contributed by atoms with Crippen LogP contribution in [0.5, 0.6) is 17.2 Å². The van der Waals surface area contributed by atoms with Gasteiger partial charge in [0.05, 0.1) is 27.4 Å². The van der Waals surface area contributed by atoms with E-state index in [1.807, 2.05) is 36.4 Å². The van der Waals surface area contributed by atoms with Crippen molar-refractivity contribution in [3.63, 3.8) is 0 Å². The Balaban J connectivity index is 1.55. The fourth-order valence-corrected chi connectivity index (χ4v) is 4.75. The summed E-state index contributed by atoms with van der Waals surface area (Å²) in [6, 6.07) is 17.0. The Bertz CT molecular complexity index is 1420. The number of benzene rings is 3. The van der Waals surface area contributed by atoms with Gasteiger partial charge in [0.25, 0.3) is 0 Å². The van der Waals surface area contributed by atoms with Crippen LogP contribution < -0.4 is 19.5 Å². The van der Waals surface area contributed by atoms with Gasteiger partial charge in [-0.05, 0) is 53.6 Å². The Morgan fingerprint density at radius 2 is 1.83 bits per heavy atom. The van der Waals surface area contributed by atoms with Crippen LogP contribution in [0.4, 0.5) is 4.39 Å². The lowest BCUT2D eigenvalue weighted by atomic mass is 9.89. The van der Waals surface area contributed by atoms with E-state index in [4.69, 9.17) is 18.9 Å². The summed E-state index contributed by atoms with van der Waals surface area (Å²) in [6.45, 7) is 0.113. The molecule has 2 unspecified atom stereocenters. The van der Waals surface area contributed by atoms with E-state index < -0.39 is 11.9 Å². The minimum absolute atomic E-state index is 0.113. The van der Waals surface area contributed by atoms with Crippen LogP contribution in [0.25, 0.3) is 10.9 Å². The van der Waals surface area contributed by atoms with Crippen molar-refractivity contribution in [3.05, 3.63) is 88.9 Å². The third-order valence-electron chi connectivity index (χ3n) is 6.55. The zero-order valence-electron chi connectivity index (χ0n) is 20.3. The van der Waals surface area contributed by atoms with E-state index in [1.165, 1.54) is 13.2 Å². The van der Waals surface area contributed by atoms with Crippen LogP contribution in [0.3, 0.4) is 0 Å². The molecule has 8 heteroatoms. The summed E-state index contributed by atoms with van der Waals surface area (Å²) in [6.07, 6.45) is 0.477. The first-order valence-corrected chi connectivity index (χ1v) is 11.6. The van der Waals surface area contributed by atoms with Crippen molar-refractivity contribution in [1.82, 2.24) is 10.3 Å². The molecule has 0 bridgehead atoms. The SMILES string of the molecule is COC(=O)C1Cc2c([nH]c3ccc(OC)cc23)C(c2ccc(OC)c(COc3ccccc3F)c2)N1. The van der Waals surface area contributed by atoms with Crippen molar-refractivity contribution >= 4 is 16.9 Å². The maximum absolute atomic E-state index is 14.1. The monoisotopic (exact) mass is 490 g/mol. The second-order valence-electron chi connectivity index (χ2n) is 8.60. The van der Waals surface area contributed by atoms with Crippen LogP contribution in [0.1, 0.15) is 28.4 Å². The standard InChI is InChI=1S/C28H27FN2O5/c1-33-18-9-10-22-19(13-18)20-14-23(28(32)35-3)31-26(27(20)30-22)16-8-11-24(34-2)17(12-16)15-36-25-7-5-4-6-21(25)29/h4-13,23,26,30-31H,14-15H2,1-3H3. The van der Waals surface area contributed by atoms with E-state index >= 15 is 0 Å². The number of methoxy groups -OCH3 is 3. The minimum Gasteiger partial charge on any atom is -0.497 e. The van der Waals surface area contributed by atoms with Gasteiger partial charge in [-0.25, -0.2) is 4.39 Å². The summed E-state index contributed by atoms with van der Waals surface area (Å²) in [5.74, 6) is 0.765. The van der Waals surface area contributed by atoms with Crippen molar-refractivity contribution in [2.24, 2.45) is 0 Å². The Morgan fingerprint density at radius 1 is 1.00 bits per heavy atom. The second kappa shape index (κ2) is 9.91. The molecular weight excluding hydrogens is 463 g/mol. The van der Waals surface area contributed by atoms with Gasteiger partial charge in [-0.3, -0.25) is 10.1 Å². The van der Waals surface area contributed by atoms with E-state index in [2.05, 4.69) is 10.3 Å². The predicted molar refractivity (Wildman–Crippen MR) is 133 cm³/mol. The zero-order valence-corrected chi connectivity index (χ0v) is 20.3. The van der Waals surface area contributed by atoms with Crippen LogP contribution in [-0.2, 0) is 22.6 Å². The number of aromatic amines is 1. The number of esters is 1. The smallest absolute Gasteiger partial charge is 0.323 e. The number of hydrogen-bond donors (Lipinski definition) is 2. The van der Waals surface area contributed by atoms with Gasteiger partial charge >= 0.3 is 5.97 Å². The van der Waals surface area contributed by atoms with Crippen molar-refractivity contribution in [2.45, 2.75) is 25.1 Å². The number of carbonyl (C=O) groups is 1. The molecule has 0 saturated heterocycles. The minimum atomic E-state index is -0.530. The number of H-pyrrole nitrogens is 1. The lowest BCUT2D eigenvalue weighted by Gasteiger charge is -2.30.